The Morgan fingerprint density at radius 2 is 1.89 bits per heavy atom. The maximum Gasteiger partial charge on any atom is 0.225 e. The normalized spacial score (nSPS) is 15.2. The third-order valence-electron chi connectivity index (χ3n) is 6.06. The molecule has 0 atom stereocenters. The quantitative estimate of drug-likeness (QED) is 0.376. The highest BCUT2D eigenvalue weighted by Crippen LogP contribution is 2.27. The standard InChI is InChI=1S/C22H33NO3SSi/c1-4-28(5-2,6-3)26-20-16-23(17-20)22(24)10-13-25-12-9-18-7-8-21-19(15-18)11-14-27-21/h7-8,11,14-15,20H,4-6,9-10,12-13,16-17H2,1-3H3. The molecule has 1 aliphatic rings. The van der Waals surface area contributed by atoms with Crippen LogP contribution in [0.1, 0.15) is 32.8 Å². The molecule has 1 amide bonds. The van der Waals surface area contributed by atoms with Crippen molar-refractivity contribution < 1.29 is 14.0 Å². The minimum atomic E-state index is -1.56. The van der Waals surface area contributed by atoms with E-state index in [1.165, 1.54) is 15.6 Å². The molecule has 1 aromatic heterocycles. The van der Waals surface area contributed by atoms with Gasteiger partial charge in [0.25, 0.3) is 0 Å². The smallest absolute Gasteiger partial charge is 0.225 e. The van der Waals surface area contributed by atoms with Crippen LogP contribution in [-0.4, -0.2) is 51.5 Å². The Balaban J connectivity index is 1.30. The van der Waals surface area contributed by atoms with Crippen LogP contribution in [0.25, 0.3) is 10.1 Å². The molecule has 1 fully saturated rings. The van der Waals surface area contributed by atoms with E-state index in [4.69, 9.17) is 9.16 Å². The number of hydrogen-bond acceptors (Lipinski definition) is 4. The van der Waals surface area contributed by atoms with Gasteiger partial charge in [-0.05, 0) is 53.0 Å². The molecular formula is C22H33NO3SSi. The molecule has 2 heterocycles. The van der Waals surface area contributed by atoms with E-state index in [1.54, 1.807) is 11.3 Å². The summed E-state index contributed by atoms with van der Waals surface area (Å²) in [6, 6.07) is 12.2. The van der Waals surface area contributed by atoms with E-state index < -0.39 is 8.32 Å². The number of carbonyl (C=O) groups excluding carboxylic acids is 1. The predicted octanol–water partition coefficient (Wildman–Crippen LogP) is 5.08. The molecule has 1 saturated heterocycles. The van der Waals surface area contributed by atoms with Crippen LogP contribution in [0.2, 0.25) is 18.1 Å². The molecule has 0 N–H and O–H groups in total. The number of ether oxygens (including phenoxy) is 1. The highest BCUT2D eigenvalue weighted by molar-refractivity contribution is 7.17. The van der Waals surface area contributed by atoms with Crippen LogP contribution in [0.15, 0.2) is 29.6 Å². The summed E-state index contributed by atoms with van der Waals surface area (Å²) in [7, 11) is -1.56. The molecule has 3 rings (SSSR count). The average molecular weight is 420 g/mol. The van der Waals surface area contributed by atoms with E-state index in [-0.39, 0.29) is 12.0 Å². The van der Waals surface area contributed by atoms with Gasteiger partial charge in [-0.3, -0.25) is 4.79 Å². The maximum atomic E-state index is 12.3. The van der Waals surface area contributed by atoms with Gasteiger partial charge in [0.05, 0.1) is 25.7 Å². The number of nitrogens with zero attached hydrogens (tertiary/aromatic N) is 1. The first-order valence-corrected chi connectivity index (χ1v) is 14.0. The van der Waals surface area contributed by atoms with Crippen LogP contribution in [0.3, 0.4) is 0 Å². The second-order valence-corrected chi connectivity index (χ2v) is 13.4. The summed E-state index contributed by atoms with van der Waals surface area (Å²) in [5.41, 5.74) is 1.29. The number of fused-ring (bicyclic) bond motifs is 1. The molecule has 2 aromatic rings. The minimum Gasteiger partial charge on any atom is -0.410 e. The van der Waals surface area contributed by atoms with E-state index in [2.05, 4.69) is 50.4 Å². The fourth-order valence-corrected chi connectivity index (χ4v) is 7.48. The van der Waals surface area contributed by atoms with Gasteiger partial charge in [0.1, 0.15) is 0 Å². The van der Waals surface area contributed by atoms with Gasteiger partial charge in [-0.1, -0.05) is 32.9 Å². The molecule has 0 unspecified atom stereocenters. The van der Waals surface area contributed by atoms with Gasteiger partial charge in [-0.2, -0.15) is 0 Å². The molecule has 0 saturated carbocycles. The summed E-state index contributed by atoms with van der Waals surface area (Å²) in [4.78, 5) is 14.2. The molecule has 0 aliphatic carbocycles. The van der Waals surface area contributed by atoms with Crippen LogP contribution in [-0.2, 0) is 20.4 Å². The summed E-state index contributed by atoms with van der Waals surface area (Å²) < 4.78 is 13.5. The number of amides is 1. The van der Waals surface area contributed by atoms with Gasteiger partial charge in [0.15, 0.2) is 8.32 Å². The van der Waals surface area contributed by atoms with Crippen LogP contribution < -0.4 is 0 Å². The van der Waals surface area contributed by atoms with E-state index in [0.717, 1.165) is 37.6 Å². The van der Waals surface area contributed by atoms with E-state index in [9.17, 15) is 4.79 Å². The molecule has 4 nitrogen and oxygen atoms in total. The second-order valence-electron chi connectivity index (χ2n) is 7.69. The zero-order valence-electron chi connectivity index (χ0n) is 17.4. The summed E-state index contributed by atoms with van der Waals surface area (Å²) in [6.45, 7) is 9.41. The monoisotopic (exact) mass is 419 g/mol. The van der Waals surface area contributed by atoms with Crippen molar-refractivity contribution in [1.82, 2.24) is 4.90 Å². The van der Waals surface area contributed by atoms with Crippen molar-refractivity contribution in [2.45, 2.75) is 57.8 Å². The van der Waals surface area contributed by atoms with Crippen molar-refractivity contribution in [2.24, 2.45) is 0 Å². The van der Waals surface area contributed by atoms with Crippen molar-refractivity contribution in [2.75, 3.05) is 26.3 Å². The molecule has 0 radical (unpaired) electrons. The number of rotatable bonds is 11. The Morgan fingerprint density at radius 1 is 1.14 bits per heavy atom. The Kier molecular flexibility index (Phi) is 7.68. The van der Waals surface area contributed by atoms with Gasteiger partial charge in [-0.15, -0.1) is 11.3 Å². The van der Waals surface area contributed by atoms with Gasteiger partial charge in [0.2, 0.25) is 5.91 Å². The largest absolute Gasteiger partial charge is 0.410 e. The summed E-state index contributed by atoms with van der Waals surface area (Å²) in [5, 5.41) is 3.42. The van der Waals surface area contributed by atoms with Gasteiger partial charge in [0, 0.05) is 17.8 Å². The third kappa shape index (κ3) is 5.23. The fraction of sp³-hybridized carbons (Fsp3) is 0.591. The minimum absolute atomic E-state index is 0.191. The first-order valence-electron chi connectivity index (χ1n) is 10.6. The number of hydrogen-bond donors (Lipinski definition) is 0. The zero-order chi connectivity index (χ0) is 20.0. The SMILES string of the molecule is CC[Si](CC)(CC)OC1CN(C(=O)CCOCCc2ccc3sccc3c2)C1. The lowest BCUT2D eigenvalue weighted by Gasteiger charge is -2.44. The highest BCUT2D eigenvalue weighted by Gasteiger charge is 2.38. The molecule has 6 heteroatoms. The molecule has 154 valence electrons. The Bertz CT molecular complexity index is 760. The van der Waals surface area contributed by atoms with Crippen molar-refractivity contribution in [3.05, 3.63) is 35.2 Å². The molecular weight excluding hydrogens is 386 g/mol. The van der Waals surface area contributed by atoms with E-state index >= 15 is 0 Å². The fourth-order valence-electron chi connectivity index (χ4n) is 3.85. The Hall–Kier alpha value is -1.21. The topological polar surface area (TPSA) is 38.8 Å². The molecule has 0 bridgehead atoms. The summed E-state index contributed by atoms with van der Waals surface area (Å²) in [5.74, 6) is 0.191. The van der Waals surface area contributed by atoms with Crippen LogP contribution >= 0.6 is 11.3 Å². The Morgan fingerprint density at radius 3 is 2.61 bits per heavy atom. The Labute approximate surface area is 174 Å². The first-order chi connectivity index (χ1) is 13.6. The van der Waals surface area contributed by atoms with Crippen molar-refractivity contribution in [1.29, 1.82) is 0 Å². The van der Waals surface area contributed by atoms with Gasteiger partial charge < -0.3 is 14.1 Å². The number of likely N-dealkylation sites (tertiary alicyclic amines) is 1. The lowest BCUT2D eigenvalue weighted by molar-refractivity contribution is -0.141. The molecule has 0 spiro atoms. The van der Waals surface area contributed by atoms with Crippen LogP contribution in [0, 0.1) is 0 Å². The van der Waals surface area contributed by atoms with Crippen molar-refractivity contribution >= 4 is 35.6 Å². The summed E-state index contributed by atoms with van der Waals surface area (Å²) >= 11 is 1.77. The third-order valence-corrected chi connectivity index (χ3v) is 11.7. The van der Waals surface area contributed by atoms with E-state index in [0.29, 0.717) is 19.6 Å². The molecule has 1 aliphatic heterocycles. The van der Waals surface area contributed by atoms with Crippen molar-refractivity contribution in [3.8, 4) is 0 Å². The molecule has 28 heavy (non-hydrogen) atoms. The van der Waals surface area contributed by atoms with E-state index in [1.807, 2.05) is 4.90 Å². The number of carbonyl (C=O) groups is 1. The predicted molar refractivity (Wildman–Crippen MR) is 120 cm³/mol. The second kappa shape index (κ2) is 10.0. The van der Waals surface area contributed by atoms with Gasteiger partial charge >= 0.3 is 0 Å². The first kappa shape index (κ1) is 21.5. The van der Waals surface area contributed by atoms with Crippen molar-refractivity contribution in [3.63, 3.8) is 0 Å². The molecule has 1 aromatic carbocycles. The summed E-state index contributed by atoms with van der Waals surface area (Å²) in [6.07, 6.45) is 1.61. The zero-order valence-corrected chi connectivity index (χ0v) is 19.2. The average Bonchev–Trinajstić information content (AvgIpc) is 3.15. The van der Waals surface area contributed by atoms with Crippen LogP contribution in [0.4, 0.5) is 0 Å². The highest BCUT2D eigenvalue weighted by atomic mass is 32.1. The number of thiophene rings is 1. The van der Waals surface area contributed by atoms with Crippen LogP contribution in [0.5, 0.6) is 0 Å². The lowest BCUT2D eigenvalue weighted by atomic mass is 10.1. The number of benzene rings is 1. The maximum absolute atomic E-state index is 12.3. The van der Waals surface area contributed by atoms with Gasteiger partial charge in [-0.25, -0.2) is 0 Å². The lowest BCUT2D eigenvalue weighted by Crippen LogP contribution is -2.58.